The van der Waals surface area contributed by atoms with E-state index in [2.05, 4.69) is 5.32 Å². The third-order valence-corrected chi connectivity index (χ3v) is 7.01. The maximum atomic E-state index is 14.3. The lowest BCUT2D eigenvalue weighted by Crippen LogP contribution is -2.43. The number of dihydropyridines is 1. The predicted molar refractivity (Wildman–Crippen MR) is 139 cm³/mol. The predicted octanol–water partition coefficient (Wildman–Crippen LogP) is 4.72. The Balaban J connectivity index is 1.87. The molecule has 2 aromatic carbocycles. The molecule has 0 amide bonds. The largest absolute Gasteiger partial charge is 0.497 e. The number of benzene rings is 2. The zero-order valence-electron chi connectivity index (χ0n) is 21.9. The summed E-state index contributed by atoms with van der Waals surface area (Å²) in [4.78, 5) is 40.7. The molecule has 1 aliphatic heterocycles. The van der Waals surface area contributed by atoms with Gasteiger partial charge in [0.05, 0.1) is 25.9 Å². The zero-order valence-corrected chi connectivity index (χ0v) is 21.9. The van der Waals surface area contributed by atoms with Gasteiger partial charge in [0.2, 0.25) is 0 Å². The Kier molecular flexibility index (Phi) is 7.81. The summed E-state index contributed by atoms with van der Waals surface area (Å²) >= 11 is 0. The second-order valence-electron chi connectivity index (χ2n) is 9.30. The van der Waals surface area contributed by atoms with Crippen LogP contribution in [0.3, 0.4) is 0 Å². The van der Waals surface area contributed by atoms with Crippen molar-refractivity contribution < 1.29 is 28.6 Å². The highest BCUT2D eigenvalue weighted by atomic mass is 16.5. The number of allylic oxidation sites excluding steroid dienone is 3. The van der Waals surface area contributed by atoms with E-state index < -0.39 is 29.7 Å². The minimum atomic E-state index is -1.04. The summed E-state index contributed by atoms with van der Waals surface area (Å²) in [6.45, 7) is 7.64. The molecule has 0 saturated carbocycles. The van der Waals surface area contributed by atoms with E-state index >= 15 is 0 Å². The van der Waals surface area contributed by atoms with Crippen molar-refractivity contribution in [2.24, 2.45) is 5.92 Å². The van der Waals surface area contributed by atoms with E-state index in [1.807, 2.05) is 62.4 Å². The monoisotopic (exact) mass is 503 g/mol. The standard InChI is InChI=1S/C30H33NO6/c1-6-36-29(33)24-18(4)31-23-16-22(19-12-14-21(35-5)15-13-19)26(30(34)37-7-2)28(32)27(23)25(24)20-10-8-17(3)9-11-20/h8-15,22,25-26,31H,6-7,16H2,1-5H3/t22-,25-,26+/m0/s1. The van der Waals surface area contributed by atoms with Crippen molar-refractivity contribution in [3.05, 3.63) is 87.8 Å². The number of hydrogen-bond donors (Lipinski definition) is 1. The molecule has 1 N–H and O–H groups in total. The number of ketones is 1. The van der Waals surface area contributed by atoms with Gasteiger partial charge in [-0.2, -0.15) is 0 Å². The lowest BCUT2D eigenvalue weighted by Gasteiger charge is -2.39. The molecule has 0 radical (unpaired) electrons. The average Bonchev–Trinajstić information content (AvgIpc) is 2.88. The van der Waals surface area contributed by atoms with E-state index in [9.17, 15) is 14.4 Å². The molecule has 0 bridgehead atoms. The van der Waals surface area contributed by atoms with Crippen LogP contribution in [0.25, 0.3) is 0 Å². The van der Waals surface area contributed by atoms with Crippen molar-refractivity contribution in [1.82, 2.24) is 5.32 Å². The molecule has 1 heterocycles. The van der Waals surface area contributed by atoms with Crippen molar-refractivity contribution in [2.45, 2.75) is 46.0 Å². The molecule has 7 nitrogen and oxygen atoms in total. The number of carbonyl (C=O) groups is 3. The molecule has 2 aliphatic rings. The Morgan fingerprint density at radius 2 is 1.54 bits per heavy atom. The van der Waals surface area contributed by atoms with E-state index in [1.165, 1.54) is 0 Å². The fraction of sp³-hybridized carbons (Fsp3) is 0.367. The van der Waals surface area contributed by atoms with Crippen LogP contribution in [0.1, 0.15) is 55.7 Å². The number of methoxy groups -OCH3 is 1. The molecule has 0 saturated heterocycles. The number of rotatable bonds is 7. The first kappa shape index (κ1) is 26.2. The van der Waals surface area contributed by atoms with E-state index in [-0.39, 0.29) is 19.0 Å². The number of esters is 2. The first-order valence-electron chi connectivity index (χ1n) is 12.6. The Bertz CT molecular complexity index is 1260. The van der Waals surface area contributed by atoms with Crippen LogP contribution >= 0.6 is 0 Å². The van der Waals surface area contributed by atoms with Crippen molar-refractivity contribution in [3.8, 4) is 5.75 Å². The number of ether oxygens (including phenoxy) is 3. The first-order chi connectivity index (χ1) is 17.8. The van der Waals surface area contributed by atoms with Gasteiger partial charge >= 0.3 is 11.9 Å². The fourth-order valence-electron chi connectivity index (χ4n) is 5.27. The average molecular weight is 504 g/mol. The lowest BCUT2D eigenvalue weighted by atomic mass is 9.67. The van der Waals surface area contributed by atoms with Gasteiger partial charge in [-0.25, -0.2) is 4.79 Å². The van der Waals surface area contributed by atoms with Gasteiger partial charge < -0.3 is 19.5 Å². The highest BCUT2D eigenvalue weighted by Crippen LogP contribution is 2.48. The molecule has 3 atom stereocenters. The van der Waals surface area contributed by atoms with Crippen LogP contribution in [0.4, 0.5) is 0 Å². The van der Waals surface area contributed by atoms with E-state index in [0.717, 1.165) is 16.7 Å². The Hall–Kier alpha value is -3.87. The molecular weight excluding hydrogens is 470 g/mol. The number of aryl methyl sites for hydroxylation is 1. The molecule has 4 rings (SSSR count). The summed E-state index contributed by atoms with van der Waals surface area (Å²) < 4.78 is 16.1. The highest BCUT2D eigenvalue weighted by Gasteiger charge is 2.49. The minimum absolute atomic E-state index is 0.163. The minimum Gasteiger partial charge on any atom is -0.497 e. The number of hydrogen-bond acceptors (Lipinski definition) is 7. The van der Waals surface area contributed by atoms with Crippen LogP contribution in [0.5, 0.6) is 5.75 Å². The number of nitrogens with one attached hydrogen (secondary N) is 1. The molecular formula is C30H33NO6. The van der Waals surface area contributed by atoms with E-state index in [1.54, 1.807) is 21.0 Å². The summed E-state index contributed by atoms with van der Waals surface area (Å²) in [5.74, 6) is -2.83. The second kappa shape index (κ2) is 11.0. The summed E-state index contributed by atoms with van der Waals surface area (Å²) in [6.07, 6.45) is 0.409. The Morgan fingerprint density at radius 3 is 2.14 bits per heavy atom. The zero-order chi connectivity index (χ0) is 26.7. The fourth-order valence-corrected chi connectivity index (χ4v) is 5.27. The van der Waals surface area contributed by atoms with Crippen molar-refractivity contribution in [1.29, 1.82) is 0 Å². The van der Waals surface area contributed by atoms with Crippen molar-refractivity contribution in [2.75, 3.05) is 20.3 Å². The van der Waals surface area contributed by atoms with Gasteiger partial charge in [0, 0.05) is 28.8 Å². The molecule has 0 aromatic heterocycles. The summed E-state index contributed by atoms with van der Waals surface area (Å²) in [5, 5.41) is 3.32. The van der Waals surface area contributed by atoms with Crippen molar-refractivity contribution in [3.63, 3.8) is 0 Å². The van der Waals surface area contributed by atoms with Crippen LogP contribution in [-0.2, 0) is 23.9 Å². The van der Waals surface area contributed by atoms with Crippen LogP contribution < -0.4 is 10.1 Å². The first-order valence-corrected chi connectivity index (χ1v) is 12.6. The van der Waals surface area contributed by atoms with Gasteiger partial charge in [0.25, 0.3) is 0 Å². The maximum Gasteiger partial charge on any atom is 0.336 e. The van der Waals surface area contributed by atoms with E-state index in [4.69, 9.17) is 14.2 Å². The summed E-state index contributed by atoms with van der Waals surface area (Å²) in [7, 11) is 1.59. The highest BCUT2D eigenvalue weighted by molar-refractivity contribution is 6.13. The van der Waals surface area contributed by atoms with Gasteiger partial charge in [-0.3, -0.25) is 9.59 Å². The van der Waals surface area contributed by atoms with Gasteiger partial charge in [0.15, 0.2) is 5.78 Å². The molecule has 37 heavy (non-hydrogen) atoms. The topological polar surface area (TPSA) is 90.9 Å². The molecule has 0 spiro atoms. The number of Topliss-reactive ketones (excluding diaryl/α,β-unsaturated/α-hetero) is 1. The second-order valence-corrected chi connectivity index (χ2v) is 9.30. The summed E-state index contributed by atoms with van der Waals surface area (Å²) in [6, 6.07) is 15.1. The van der Waals surface area contributed by atoms with E-state index in [0.29, 0.717) is 34.7 Å². The van der Waals surface area contributed by atoms with Crippen LogP contribution in [-0.4, -0.2) is 38.0 Å². The van der Waals surface area contributed by atoms with Crippen LogP contribution in [0.2, 0.25) is 0 Å². The lowest BCUT2D eigenvalue weighted by molar-refractivity contribution is -0.152. The quantitative estimate of drug-likeness (QED) is 0.432. The van der Waals surface area contributed by atoms with Crippen LogP contribution in [0.15, 0.2) is 71.1 Å². The normalized spacial score (nSPS) is 21.2. The molecule has 1 aliphatic carbocycles. The third kappa shape index (κ3) is 5.03. The molecule has 2 aromatic rings. The Labute approximate surface area is 217 Å². The molecule has 194 valence electrons. The molecule has 0 fully saturated rings. The van der Waals surface area contributed by atoms with Gasteiger partial charge in [-0.05, 0) is 57.4 Å². The van der Waals surface area contributed by atoms with Crippen LogP contribution in [0, 0.1) is 12.8 Å². The maximum absolute atomic E-state index is 14.3. The molecule has 0 unspecified atom stereocenters. The van der Waals surface area contributed by atoms with Gasteiger partial charge in [-0.1, -0.05) is 42.0 Å². The third-order valence-electron chi connectivity index (χ3n) is 7.01. The Morgan fingerprint density at radius 1 is 0.919 bits per heavy atom. The summed E-state index contributed by atoms with van der Waals surface area (Å²) in [5.41, 5.74) is 4.83. The smallest absolute Gasteiger partial charge is 0.336 e. The molecule has 7 heteroatoms. The SMILES string of the molecule is CCOC(=O)C1=C(C)NC2=C(C(=O)[C@H](C(=O)OCC)[C@H](c3ccc(OC)cc3)C2)[C@H]1c1ccc(C)cc1. The van der Waals surface area contributed by atoms with Crippen molar-refractivity contribution >= 4 is 17.7 Å². The van der Waals surface area contributed by atoms with Gasteiger partial charge in [-0.15, -0.1) is 0 Å². The number of carbonyl (C=O) groups excluding carboxylic acids is 3. The van der Waals surface area contributed by atoms with Gasteiger partial charge in [0.1, 0.15) is 11.7 Å².